The second-order valence-corrected chi connectivity index (χ2v) is 5.12. The number of pyridine rings is 1. The minimum absolute atomic E-state index is 0.155. The van der Waals surface area contributed by atoms with E-state index in [-0.39, 0.29) is 6.10 Å². The molecule has 0 saturated carbocycles. The highest BCUT2D eigenvalue weighted by atomic mass is 16.5. The zero-order valence-electron chi connectivity index (χ0n) is 10.7. The van der Waals surface area contributed by atoms with Gasteiger partial charge in [0.1, 0.15) is 6.10 Å². The lowest BCUT2D eigenvalue weighted by Crippen LogP contribution is -2.52. The Morgan fingerprint density at radius 3 is 2.82 bits per heavy atom. The summed E-state index contributed by atoms with van der Waals surface area (Å²) >= 11 is 0. The van der Waals surface area contributed by atoms with Gasteiger partial charge in [-0.25, -0.2) is 0 Å². The Morgan fingerprint density at radius 1 is 1.47 bits per heavy atom. The van der Waals surface area contributed by atoms with E-state index in [2.05, 4.69) is 16.0 Å². The molecule has 0 radical (unpaired) electrons. The van der Waals surface area contributed by atoms with Crippen molar-refractivity contribution in [1.29, 1.82) is 0 Å². The van der Waals surface area contributed by atoms with Crippen LogP contribution in [-0.2, 0) is 4.74 Å². The van der Waals surface area contributed by atoms with Crippen LogP contribution in [0.5, 0.6) is 0 Å². The number of aliphatic hydroxyl groups is 1. The largest absolute Gasteiger partial charge is 0.388 e. The molecule has 4 nitrogen and oxygen atoms in total. The molecule has 0 aromatic carbocycles. The topological polar surface area (TPSA) is 45.6 Å². The number of nitrogens with zero attached hydrogens (tertiary/aromatic N) is 2. The minimum atomic E-state index is -0.809. The molecule has 0 unspecified atom stereocenters. The lowest BCUT2D eigenvalue weighted by Gasteiger charge is -2.39. The summed E-state index contributed by atoms with van der Waals surface area (Å²) in [5.74, 6) is 0. The van der Waals surface area contributed by atoms with Crippen molar-refractivity contribution in [3.8, 4) is 0 Å². The van der Waals surface area contributed by atoms with Crippen LogP contribution in [0.3, 0.4) is 0 Å². The Labute approximate surface area is 102 Å². The third kappa shape index (κ3) is 2.96. The van der Waals surface area contributed by atoms with Gasteiger partial charge in [0.25, 0.3) is 0 Å². The van der Waals surface area contributed by atoms with Gasteiger partial charge in [-0.1, -0.05) is 0 Å². The monoisotopic (exact) mass is 236 g/mol. The van der Waals surface area contributed by atoms with E-state index >= 15 is 0 Å². The molecule has 1 aliphatic heterocycles. The van der Waals surface area contributed by atoms with Crippen molar-refractivity contribution in [2.24, 2.45) is 0 Å². The SMILES string of the molecule is Cc1ccc(N2CCO[C@H](C(C)(C)O)C2)cn1. The van der Waals surface area contributed by atoms with Gasteiger partial charge in [-0.15, -0.1) is 0 Å². The second kappa shape index (κ2) is 4.63. The normalized spacial score (nSPS) is 21.6. The molecule has 1 saturated heterocycles. The molecule has 1 atom stereocenters. The Bertz CT molecular complexity index is 370. The maximum Gasteiger partial charge on any atom is 0.103 e. The van der Waals surface area contributed by atoms with Crippen LogP contribution >= 0.6 is 0 Å². The van der Waals surface area contributed by atoms with Crippen LogP contribution < -0.4 is 4.90 Å². The van der Waals surface area contributed by atoms with Gasteiger partial charge in [0.05, 0.1) is 24.1 Å². The van der Waals surface area contributed by atoms with E-state index in [1.807, 2.05) is 19.2 Å². The van der Waals surface area contributed by atoms with Gasteiger partial charge >= 0.3 is 0 Å². The fourth-order valence-electron chi connectivity index (χ4n) is 1.96. The van der Waals surface area contributed by atoms with E-state index in [1.54, 1.807) is 13.8 Å². The van der Waals surface area contributed by atoms with E-state index in [1.165, 1.54) is 0 Å². The molecule has 1 aliphatic rings. The van der Waals surface area contributed by atoms with Gasteiger partial charge in [0, 0.05) is 18.8 Å². The quantitative estimate of drug-likeness (QED) is 0.842. The van der Waals surface area contributed by atoms with Crippen LogP contribution in [-0.4, -0.2) is 41.5 Å². The molecular formula is C13H20N2O2. The standard InChI is InChI=1S/C13H20N2O2/c1-10-4-5-11(8-14-10)15-6-7-17-12(9-15)13(2,3)16/h4-5,8,12,16H,6-7,9H2,1-3H3/t12-/m0/s1. The van der Waals surface area contributed by atoms with Gasteiger partial charge < -0.3 is 14.7 Å². The maximum atomic E-state index is 9.98. The average molecular weight is 236 g/mol. The zero-order valence-corrected chi connectivity index (χ0v) is 10.7. The number of ether oxygens (including phenoxy) is 1. The summed E-state index contributed by atoms with van der Waals surface area (Å²) in [7, 11) is 0. The molecule has 0 bridgehead atoms. The van der Waals surface area contributed by atoms with Gasteiger partial charge in [-0.2, -0.15) is 0 Å². The van der Waals surface area contributed by atoms with Crippen molar-refractivity contribution in [3.63, 3.8) is 0 Å². The lowest BCUT2D eigenvalue weighted by molar-refractivity contribution is -0.0928. The Morgan fingerprint density at radius 2 is 2.24 bits per heavy atom. The van der Waals surface area contributed by atoms with Crippen molar-refractivity contribution in [1.82, 2.24) is 4.98 Å². The summed E-state index contributed by atoms with van der Waals surface area (Å²) in [5, 5.41) is 9.98. The Balaban J connectivity index is 2.09. The summed E-state index contributed by atoms with van der Waals surface area (Å²) < 4.78 is 5.61. The van der Waals surface area contributed by atoms with Crippen LogP contribution in [0.15, 0.2) is 18.3 Å². The molecule has 1 N–H and O–H groups in total. The molecule has 17 heavy (non-hydrogen) atoms. The highest BCUT2D eigenvalue weighted by Crippen LogP contribution is 2.22. The van der Waals surface area contributed by atoms with Crippen molar-refractivity contribution < 1.29 is 9.84 Å². The van der Waals surface area contributed by atoms with Gasteiger partial charge in [-0.05, 0) is 32.9 Å². The van der Waals surface area contributed by atoms with Crippen LogP contribution in [0.2, 0.25) is 0 Å². The van der Waals surface area contributed by atoms with Crippen molar-refractivity contribution >= 4 is 5.69 Å². The Hall–Kier alpha value is -1.13. The van der Waals surface area contributed by atoms with E-state index in [0.717, 1.165) is 17.9 Å². The van der Waals surface area contributed by atoms with E-state index in [0.29, 0.717) is 13.2 Å². The summed E-state index contributed by atoms with van der Waals surface area (Å²) in [5.41, 5.74) is 1.30. The first-order valence-corrected chi connectivity index (χ1v) is 5.98. The molecule has 2 rings (SSSR count). The van der Waals surface area contributed by atoms with Gasteiger partial charge in [-0.3, -0.25) is 4.98 Å². The van der Waals surface area contributed by atoms with Crippen LogP contribution in [0.25, 0.3) is 0 Å². The number of hydrogen-bond acceptors (Lipinski definition) is 4. The highest BCUT2D eigenvalue weighted by Gasteiger charge is 2.32. The number of morpholine rings is 1. The van der Waals surface area contributed by atoms with E-state index in [9.17, 15) is 5.11 Å². The van der Waals surface area contributed by atoms with Crippen molar-refractivity contribution in [2.45, 2.75) is 32.5 Å². The lowest BCUT2D eigenvalue weighted by atomic mass is 10.00. The predicted octanol–water partition coefficient (Wildman–Crippen LogP) is 1.37. The van der Waals surface area contributed by atoms with Gasteiger partial charge in [0.15, 0.2) is 0 Å². The smallest absolute Gasteiger partial charge is 0.103 e. The Kier molecular flexibility index (Phi) is 3.35. The molecule has 1 aromatic rings. The first kappa shape index (κ1) is 12.3. The fraction of sp³-hybridized carbons (Fsp3) is 0.615. The third-order valence-corrected chi connectivity index (χ3v) is 3.12. The fourth-order valence-corrected chi connectivity index (χ4v) is 1.96. The molecule has 0 amide bonds. The summed E-state index contributed by atoms with van der Waals surface area (Å²) in [6, 6.07) is 4.07. The summed E-state index contributed by atoms with van der Waals surface area (Å²) in [6.45, 7) is 7.74. The molecule has 1 aromatic heterocycles. The molecule has 94 valence electrons. The number of aromatic nitrogens is 1. The highest BCUT2D eigenvalue weighted by molar-refractivity contribution is 5.45. The predicted molar refractivity (Wildman–Crippen MR) is 67.2 cm³/mol. The summed E-state index contributed by atoms with van der Waals surface area (Å²) in [6.07, 6.45) is 1.72. The second-order valence-electron chi connectivity index (χ2n) is 5.12. The summed E-state index contributed by atoms with van der Waals surface area (Å²) in [4.78, 5) is 6.50. The molecule has 2 heterocycles. The number of rotatable bonds is 2. The molecular weight excluding hydrogens is 216 g/mol. The number of hydrogen-bond donors (Lipinski definition) is 1. The first-order chi connectivity index (χ1) is 7.97. The van der Waals surface area contributed by atoms with Gasteiger partial charge in [0.2, 0.25) is 0 Å². The molecule has 4 heteroatoms. The van der Waals surface area contributed by atoms with Crippen molar-refractivity contribution in [3.05, 3.63) is 24.0 Å². The first-order valence-electron chi connectivity index (χ1n) is 5.98. The molecule has 0 aliphatic carbocycles. The van der Waals surface area contributed by atoms with E-state index < -0.39 is 5.60 Å². The third-order valence-electron chi connectivity index (χ3n) is 3.12. The van der Waals surface area contributed by atoms with E-state index in [4.69, 9.17) is 4.74 Å². The molecule has 0 spiro atoms. The molecule has 1 fully saturated rings. The number of aryl methyl sites for hydroxylation is 1. The van der Waals surface area contributed by atoms with Crippen LogP contribution in [0, 0.1) is 6.92 Å². The van der Waals surface area contributed by atoms with Crippen LogP contribution in [0.4, 0.5) is 5.69 Å². The zero-order chi connectivity index (χ0) is 12.5. The van der Waals surface area contributed by atoms with Crippen molar-refractivity contribution in [2.75, 3.05) is 24.6 Å². The number of anilines is 1. The average Bonchev–Trinajstić information content (AvgIpc) is 2.29. The minimum Gasteiger partial charge on any atom is -0.388 e. The maximum absolute atomic E-state index is 9.98. The van der Waals surface area contributed by atoms with Crippen LogP contribution in [0.1, 0.15) is 19.5 Å².